The number of nitrogens with zero attached hydrogens (tertiary/aromatic N) is 1. The summed E-state index contributed by atoms with van der Waals surface area (Å²) in [6.07, 6.45) is -0.580. The highest BCUT2D eigenvalue weighted by Crippen LogP contribution is 2.28. The summed E-state index contributed by atoms with van der Waals surface area (Å²) in [5.74, 6) is 0.790. The second kappa shape index (κ2) is 5.23. The fraction of sp³-hybridized carbons (Fsp3) is 0.571. The number of sulfonamides is 1. The van der Waals surface area contributed by atoms with Gasteiger partial charge >= 0.3 is 0 Å². The van der Waals surface area contributed by atoms with E-state index in [1.807, 2.05) is 0 Å². The fourth-order valence-corrected chi connectivity index (χ4v) is 3.98. The molecule has 1 aromatic rings. The van der Waals surface area contributed by atoms with Gasteiger partial charge < -0.3 is 5.11 Å². The van der Waals surface area contributed by atoms with E-state index < -0.39 is 16.1 Å². The third-order valence-corrected chi connectivity index (χ3v) is 5.80. The third-order valence-electron chi connectivity index (χ3n) is 3.95. The summed E-state index contributed by atoms with van der Waals surface area (Å²) in [7, 11) is -3.40. The maximum atomic E-state index is 12.5. The molecule has 0 radical (unpaired) electrons. The standard InChI is InChI=1S/C14H21NO3S/c1-10-8-15(9-11(10)2)19(17,18)14-6-4-13(5-7-14)12(3)16/h4-7,10-12,16H,8-9H2,1-3H3. The Morgan fingerprint density at radius 2 is 1.63 bits per heavy atom. The first-order valence-electron chi connectivity index (χ1n) is 6.60. The molecule has 106 valence electrons. The minimum Gasteiger partial charge on any atom is -0.389 e. The Balaban J connectivity index is 2.25. The van der Waals surface area contributed by atoms with Crippen LogP contribution >= 0.6 is 0 Å². The molecule has 0 aliphatic carbocycles. The third kappa shape index (κ3) is 2.83. The molecule has 4 nitrogen and oxygen atoms in total. The van der Waals surface area contributed by atoms with Crippen LogP contribution in [0.1, 0.15) is 32.4 Å². The van der Waals surface area contributed by atoms with E-state index in [1.54, 1.807) is 35.5 Å². The molecular weight excluding hydrogens is 262 g/mol. The number of aliphatic hydroxyl groups is 1. The number of hydrogen-bond donors (Lipinski definition) is 1. The molecule has 3 unspecified atom stereocenters. The van der Waals surface area contributed by atoms with Crippen molar-refractivity contribution in [1.82, 2.24) is 4.31 Å². The van der Waals surface area contributed by atoms with E-state index in [-0.39, 0.29) is 0 Å². The van der Waals surface area contributed by atoms with Crippen LogP contribution in [0.4, 0.5) is 0 Å². The van der Waals surface area contributed by atoms with Gasteiger partial charge in [-0.15, -0.1) is 0 Å². The quantitative estimate of drug-likeness (QED) is 0.923. The normalized spacial score (nSPS) is 26.5. The summed E-state index contributed by atoms with van der Waals surface area (Å²) in [5.41, 5.74) is 0.724. The van der Waals surface area contributed by atoms with Gasteiger partial charge in [0.15, 0.2) is 0 Å². The van der Waals surface area contributed by atoms with Crippen molar-refractivity contribution in [3.8, 4) is 0 Å². The maximum absolute atomic E-state index is 12.5. The van der Waals surface area contributed by atoms with E-state index >= 15 is 0 Å². The zero-order valence-electron chi connectivity index (χ0n) is 11.6. The molecule has 0 amide bonds. The predicted octanol–water partition coefficient (Wildman–Crippen LogP) is 2.02. The van der Waals surface area contributed by atoms with Crippen LogP contribution in [0.25, 0.3) is 0 Å². The average molecular weight is 283 g/mol. The minimum atomic E-state index is -3.40. The molecule has 0 bridgehead atoms. The van der Waals surface area contributed by atoms with Gasteiger partial charge in [0.2, 0.25) is 10.0 Å². The smallest absolute Gasteiger partial charge is 0.243 e. The Morgan fingerprint density at radius 3 is 2.05 bits per heavy atom. The van der Waals surface area contributed by atoms with Crippen LogP contribution in [-0.4, -0.2) is 30.9 Å². The molecule has 1 aliphatic heterocycles. The Kier molecular flexibility index (Phi) is 3.99. The van der Waals surface area contributed by atoms with Gasteiger partial charge in [0.25, 0.3) is 0 Å². The van der Waals surface area contributed by atoms with Crippen molar-refractivity contribution in [1.29, 1.82) is 0 Å². The molecular formula is C14H21NO3S. The first-order chi connectivity index (χ1) is 8.82. The highest BCUT2D eigenvalue weighted by Gasteiger charge is 2.34. The molecule has 0 aromatic heterocycles. The van der Waals surface area contributed by atoms with E-state index in [2.05, 4.69) is 13.8 Å². The van der Waals surface area contributed by atoms with Crippen molar-refractivity contribution in [2.75, 3.05) is 13.1 Å². The van der Waals surface area contributed by atoms with Gasteiger partial charge in [-0.2, -0.15) is 4.31 Å². The van der Waals surface area contributed by atoms with Gasteiger partial charge in [0.1, 0.15) is 0 Å². The Hall–Kier alpha value is -0.910. The summed E-state index contributed by atoms with van der Waals surface area (Å²) in [5, 5.41) is 9.44. The second-order valence-electron chi connectivity index (χ2n) is 5.52. The molecule has 1 N–H and O–H groups in total. The monoisotopic (exact) mass is 283 g/mol. The zero-order valence-corrected chi connectivity index (χ0v) is 12.4. The fourth-order valence-electron chi connectivity index (χ4n) is 2.34. The summed E-state index contributed by atoms with van der Waals surface area (Å²) in [4.78, 5) is 0.304. The average Bonchev–Trinajstić information content (AvgIpc) is 2.70. The molecule has 0 spiro atoms. The Morgan fingerprint density at radius 1 is 1.16 bits per heavy atom. The lowest BCUT2D eigenvalue weighted by atomic mass is 10.0. The van der Waals surface area contributed by atoms with Crippen molar-refractivity contribution in [3.63, 3.8) is 0 Å². The van der Waals surface area contributed by atoms with Gasteiger partial charge in [0, 0.05) is 13.1 Å². The van der Waals surface area contributed by atoms with Crippen LogP contribution in [0.2, 0.25) is 0 Å². The summed E-state index contributed by atoms with van der Waals surface area (Å²) < 4.78 is 26.5. The molecule has 1 saturated heterocycles. The van der Waals surface area contributed by atoms with Crippen LogP contribution in [0, 0.1) is 11.8 Å². The molecule has 5 heteroatoms. The first-order valence-corrected chi connectivity index (χ1v) is 8.04. The maximum Gasteiger partial charge on any atom is 0.243 e. The van der Waals surface area contributed by atoms with E-state index in [0.717, 1.165) is 5.56 Å². The number of benzene rings is 1. The molecule has 0 saturated carbocycles. The number of hydrogen-bond acceptors (Lipinski definition) is 3. The molecule has 1 aromatic carbocycles. The lowest BCUT2D eigenvalue weighted by Crippen LogP contribution is -2.29. The summed E-state index contributed by atoms with van der Waals surface area (Å²) in [6, 6.07) is 6.48. The SMILES string of the molecule is CC(O)c1ccc(S(=O)(=O)N2CC(C)C(C)C2)cc1. The van der Waals surface area contributed by atoms with Crippen LogP contribution in [0.3, 0.4) is 0 Å². The van der Waals surface area contributed by atoms with E-state index in [1.165, 1.54) is 0 Å². The van der Waals surface area contributed by atoms with Gasteiger partial charge in [-0.05, 0) is 36.5 Å². The van der Waals surface area contributed by atoms with Crippen molar-refractivity contribution < 1.29 is 13.5 Å². The highest BCUT2D eigenvalue weighted by atomic mass is 32.2. The van der Waals surface area contributed by atoms with Crippen LogP contribution in [0.5, 0.6) is 0 Å². The molecule has 1 fully saturated rings. The molecule has 19 heavy (non-hydrogen) atoms. The predicted molar refractivity (Wildman–Crippen MR) is 74.2 cm³/mol. The van der Waals surface area contributed by atoms with Gasteiger partial charge in [-0.3, -0.25) is 0 Å². The Bertz CT molecular complexity index is 526. The van der Waals surface area contributed by atoms with Gasteiger partial charge in [-0.25, -0.2) is 8.42 Å². The van der Waals surface area contributed by atoms with Crippen LogP contribution < -0.4 is 0 Å². The van der Waals surface area contributed by atoms with Crippen molar-refractivity contribution >= 4 is 10.0 Å². The highest BCUT2D eigenvalue weighted by molar-refractivity contribution is 7.89. The van der Waals surface area contributed by atoms with Crippen LogP contribution in [-0.2, 0) is 10.0 Å². The second-order valence-corrected chi connectivity index (χ2v) is 7.46. The summed E-state index contributed by atoms with van der Waals surface area (Å²) in [6.45, 7) is 6.99. The topological polar surface area (TPSA) is 57.6 Å². The molecule has 2 rings (SSSR count). The molecule has 3 atom stereocenters. The first kappa shape index (κ1) is 14.5. The molecule has 1 heterocycles. The number of rotatable bonds is 3. The lowest BCUT2D eigenvalue weighted by molar-refractivity contribution is 0.199. The van der Waals surface area contributed by atoms with Crippen LogP contribution in [0.15, 0.2) is 29.2 Å². The van der Waals surface area contributed by atoms with E-state index in [0.29, 0.717) is 29.8 Å². The number of aliphatic hydroxyl groups excluding tert-OH is 1. The lowest BCUT2D eigenvalue weighted by Gasteiger charge is -2.16. The Labute approximate surface area is 115 Å². The molecule has 1 aliphatic rings. The largest absolute Gasteiger partial charge is 0.389 e. The zero-order chi connectivity index (χ0) is 14.2. The van der Waals surface area contributed by atoms with Gasteiger partial charge in [0.05, 0.1) is 11.0 Å². The van der Waals surface area contributed by atoms with Gasteiger partial charge in [-0.1, -0.05) is 26.0 Å². The van der Waals surface area contributed by atoms with Crippen molar-refractivity contribution in [2.45, 2.75) is 31.8 Å². The van der Waals surface area contributed by atoms with Crippen molar-refractivity contribution in [2.24, 2.45) is 11.8 Å². The summed E-state index contributed by atoms with van der Waals surface area (Å²) >= 11 is 0. The minimum absolute atomic E-state index is 0.304. The van der Waals surface area contributed by atoms with Crippen molar-refractivity contribution in [3.05, 3.63) is 29.8 Å². The van der Waals surface area contributed by atoms with E-state index in [9.17, 15) is 13.5 Å². The van der Waals surface area contributed by atoms with E-state index in [4.69, 9.17) is 0 Å².